The number of carbonyl (C=O) groups excluding carboxylic acids is 2. The smallest absolute Gasteiger partial charge is 0.259 e. The van der Waals surface area contributed by atoms with Crippen molar-refractivity contribution in [1.82, 2.24) is 14.8 Å². The number of ether oxygens (including phenoxy) is 3. The number of aromatic nitrogens is 1. The van der Waals surface area contributed by atoms with Gasteiger partial charge in [-0.15, -0.1) is 0 Å². The highest BCUT2D eigenvalue weighted by Crippen LogP contribution is 2.27. The highest BCUT2D eigenvalue weighted by atomic mass is 16.5. The lowest BCUT2D eigenvalue weighted by Gasteiger charge is -2.37. The van der Waals surface area contributed by atoms with Crippen molar-refractivity contribution < 1.29 is 28.9 Å². The minimum Gasteiger partial charge on any atom is -0.497 e. The Labute approximate surface area is 212 Å². The third kappa shape index (κ3) is 6.53. The van der Waals surface area contributed by atoms with Gasteiger partial charge in [-0.2, -0.15) is 0 Å². The lowest BCUT2D eigenvalue weighted by molar-refractivity contribution is -0.135. The first-order chi connectivity index (χ1) is 17.3. The number of aliphatic hydroxyl groups is 1. The van der Waals surface area contributed by atoms with Gasteiger partial charge in [0.25, 0.3) is 5.91 Å². The maximum atomic E-state index is 13.5. The van der Waals surface area contributed by atoms with Crippen LogP contribution in [0.3, 0.4) is 0 Å². The van der Waals surface area contributed by atoms with Crippen molar-refractivity contribution in [2.45, 2.75) is 26.0 Å². The Hall–Kier alpha value is -3.61. The van der Waals surface area contributed by atoms with E-state index in [1.54, 1.807) is 43.1 Å². The molecule has 2 amide bonds. The number of benzene rings is 1. The Morgan fingerprint density at radius 3 is 2.61 bits per heavy atom. The molecule has 9 nitrogen and oxygen atoms in total. The SMILES string of the molecule is COCC(=O)N(C)C[C@H]1Oc2ncc(C#Cc3ccc(OC)cc3)cc2C(=O)N([C@H](C)CO)C[C@@H]1C. The van der Waals surface area contributed by atoms with E-state index in [9.17, 15) is 14.7 Å². The molecule has 1 aromatic carbocycles. The number of aliphatic hydroxyl groups excluding tert-OH is 1. The minimum absolute atomic E-state index is 0.0329. The van der Waals surface area contributed by atoms with Gasteiger partial charge in [-0.1, -0.05) is 18.8 Å². The monoisotopic (exact) mass is 495 g/mol. The van der Waals surface area contributed by atoms with E-state index in [4.69, 9.17) is 14.2 Å². The Kier molecular flexibility index (Phi) is 9.28. The maximum Gasteiger partial charge on any atom is 0.259 e. The summed E-state index contributed by atoms with van der Waals surface area (Å²) in [6.45, 7) is 4.16. The number of pyridine rings is 1. The quantitative estimate of drug-likeness (QED) is 0.585. The number of likely N-dealkylation sites (N-methyl/N-ethyl adjacent to an activating group) is 1. The molecule has 0 bridgehead atoms. The third-order valence-electron chi connectivity index (χ3n) is 6.11. The Morgan fingerprint density at radius 1 is 1.28 bits per heavy atom. The zero-order valence-electron chi connectivity index (χ0n) is 21.4. The van der Waals surface area contributed by atoms with E-state index in [0.29, 0.717) is 18.7 Å². The fourth-order valence-electron chi connectivity index (χ4n) is 3.81. The molecule has 1 aromatic heterocycles. The Balaban J connectivity index is 1.95. The van der Waals surface area contributed by atoms with Crippen LogP contribution in [0, 0.1) is 17.8 Å². The lowest BCUT2D eigenvalue weighted by Crippen LogP contribution is -2.50. The van der Waals surface area contributed by atoms with Crippen LogP contribution < -0.4 is 9.47 Å². The molecule has 1 aliphatic heterocycles. The molecule has 2 heterocycles. The van der Waals surface area contributed by atoms with Crippen LogP contribution in [0.1, 0.15) is 35.3 Å². The molecule has 192 valence electrons. The van der Waals surface area contributed by atoms with Gasteiger partial charge in [-0.05, 0) is 37.3 Å². The summed E-state index contributed by atoms with van der Waals surface area (Å²) in [5.41, 5.74) is 1.61. The van der Waals surface area contributed by atoms with Crippen molar-refractivity contribution in [3.05, 3.63) is 53.2 Å². The summed E-state index contributed by atoms with van der Waals surface area (Å²) in [5, 5.41) is 9.81. The van der Waals surface area contributed by atoms with E-state index >= 15 is 0 Å². The lowest BCUT2D eigenvalue weighted by atomic mass is 10.00. The second-order valence-corrected chi connectivity index (χ2v) is 8.89. The first kappa shape index (κ1) is 27.0. The van der Waals surface area contributed by atoms with Crippen LogP contribution in [0.2, 0.25) is 0 Å². The molecule has 0 saturated carbocycles. The molecule has 9 heteroatoms. The summed E-state index contributed by atoms with van der Waals surface area (Å²) in [6, 6.07) is 8.59. The fraction of sp³-hybridized carbons (Fsp3) is 0.444. The molecule has 0 radical (unpaired) electrons. The summed E-state index contributed by atoms with van der Waals surface area (Å²) in [4.78, 5) is 33.4. The van der Waals surface area contributed by atoms with Crippen molar-refractivity contribution in [3.63, 3.8) is 0 Å². The van der Waals surface area contributed by atoms with Gasteiger partial charge in [-0.3, -0.25) is 9.59 Å². The van der Waals surface area contributed by atoms with Gasteiger partial charge >= 0.3 is 0 Å². The largest absolute Gasteiger partial charge is 0.497 e. The zero-order valence-corrected chi connectivity index (χ0v) is 21.4. The van der Waals surface area contributed by atoms with Gasteiger partial charge in [0, 0.05) is 43.9 Å². The molecule has 2 aromatic rings. The van der Waals surface area contributed by atoms with Gasteiger partial charge in [0.1, 0.15) is 24.0 Å². The van der Waals surface area contributed by atoms with E-state index in [2.05, 4.69) is 16.8 Å². The number of nitrogens with zero attached hydrogens (tertiary/aromatic N) is 3. The van der Waals surface area contributed by atoms with Crippen molar-refractivity contribution >= 4 is 11.8 Å². The standard InChI is InChI=1S/C27H33N3O6/c1-18-14-30(19(2)16-31)27(33)23-12-21(7-6-20-8-10-22(35-5)11-9-20)13-28-26(23)36-24(18)15-29(3)25(32)17-34-4/h8-13,18-19,24,31H,14-17H2,1-5H3/t18-,19+,24+/m0/s1. The molecule has 3 atom stereocenters. The van der Waals surface area contributed by atoms with Crippen LogP contribution in [-0.2, 0) is 9.53 Å². The maximum absolute atomic E-state index is 13.5. The first-order valence-corrected chi connectivity index (χ1v) is 11.7. The summed E-state index contributed by atoms with van der Waals surface area (Å²) >= 11 is 0. The molecule has 0 aliphatic carbocycles. The van der Waals surface area contributed by atoms with E-state index in [-0.39, 0.29) is 42.4 Å². The second kappa shape index (κ2) is 12.4. The van der Waals surface area contributed by atoms with Crippen LogP contribution >= 0.6 is 0 Å². The van der Waals surface area contributed by atoms with Gasteiger partial charge in [0.2, 0.25) is 11.8 Å². The van der Waals surface area contributed by atoms with Crippen molar-refractivity contribution in [2.24, 2.45) is 5.92 Å². The second-order valence-electron chi connectivity index (χ2n) is 8.89. The highest BCUT2D eigenvalue weighted by molar-refractivity contribution is 5.97. The first-order valence-electron chi connectivity index (χ1n) is 11.7. The van der Waals surface area contributed by atoms with Crippen molar-refractivity contribution in [1.29, 1.82) is 0 Å². The van der Waals surface area contributed by atoms with E-state index in [0.717, 1.165) is 11.3 Å². The molecule has 0 fully saturated rings. The molecule has 3 rings (SSSR count). The number of fused-ring (bicyclic) bond motifs is 1. The molecular formula is C27H33N3O6. The number of rotatable bonds is 7. The van der Waals surface area contributed by atoms with Crippen molar-refractivity contribution in [2.75, 3.05) is 47.6 Å². The molecule has 1 N–H and O–H groups in total. The van der Waals surface area contributed by atoms with E-state index in [1.165, 1.54) is 7.11 Å². The number of methoxy groups -OCH3 is 2. The third-order valence-corrected chi connectivity index (χ3v) is 6.11. The number of amides is 2. The number of hydrogen-bond donors (Lipinski definition) is 1. The average Bonchev–Trinajstić information content (AvgIpc) is 2.89. The highest BCUT2D eigenvalue weighted by Gasteiger charge is 2.34. The molecule has 0 spiro atoms. The molecular weight excluding hydrogens is 462 g/mol. The number of hydrogen-bond acceptors (Lipinski definition) is 7. The van der Waals surface area contributed by atoms with Crippen LogP contribution in [0.25, 0.3) is 0 Å². The topological polar surface area (TPSA) is 101 Å². The van der Waals surface area contributed by atoms with Crippen LogP contribution in [0.15, 0.2) is 36.5 Å². The zero-order chi connectivity index (χ0) is 26.2. The fourth-order valence-corrected chi connectivity index (χ4v) is 3.81. The van der Waals surface area contributed by atoms with Crippen LogP contribution in [0.4, 0.5) is 0 Å². The molecule has 1 aliphatic rings. The van der Waals surface area contributed by atoms with Crippen LogP contribution in [0.5, 0.6) is 11.6 Å². The molecule has 0 saturated heterocycles. The van der Waals surface area contributed by atoms with Crippen molar-refractivity contribution in [3.8, 4) is 23.5 Å². The normalized spacial score (nSPS) is 18.1. The van der Waals surface area contributed by atoms with Gasteiger partial charge in [0.15, 0.2) is 0 Å². The average molecular weight is 496 g/mol. The predicted octanol–water partition coefficient (Wildman–Crippen LogP) is 1.81. The Morgan fingerprint density at radius 2 is 1.97 bits per heavy atom. The minimum atomic E-state index is -0.431. The van der Waals surface area contributed by atoms with Crippen LogP contribution in [-0.4, -0.2) is 91.4 Å². The van der Waals surface area contributed by atoms with Gasteiger partial charge in [0.05, 0.1) is 26.3 Å². The van der Waals surface area contributed by atoms with Gasteiger partial charge in [-0.25, -0.2) is 4.98 Å². The Bertz CT molecular complexity index is 1120. The predicted molar refractivity (Wildman–Crippen MR) is 134 cm³/mol. The summed E-state index contributed by atoms with van der Waals surface area (Å²) in [6.07, 6.45) is 1.13. The number of carbonyl (C=O) groups is 2. The summed E-state index contributed by atoms with van der Waals surface area (Å²) in [7, 11) is 4.75. The van der Waals surface area contributed by atoms with E-state index < -0.39 is 12.1 Å². The summed E-state index contributed by atoms with van der Waals surface area (Å²) < 4.78 is 16.3. The van der Waals surface area contributed by atoms with Gasteiger partial charge < -0.3 is 29.1 Å². The summed E-state index contributed by atoms with van der Waals surface area (Å²) in [5.74, 6) is 6.43. The van der Waals surface area contributed by atoms with E-state index in [1.807, 2.05) is 31.2 Å². The molecule has 36 heavy (non-hydrogen) atoms. The molecule has 0 unspecified atom stereocenters.